The first kappa shape index (κ1) is 45.1. The van der Waals surface area contributed by atoms with E-state index in [9.17, 15) is 34.1 Å². The SMILES string of the molecule is CC(C)[C@H](NC(=O)OCC1c2ccccc2-c2ccccc21)C(=O)N[C@@H](CCCCNC(=O)OC(C)(C)C)C(=O)Nc1ccc(COC(=O)Oc2ccc([N+](=O)[O-])cc2)cc1. The Morgan fingerprint density at radius 3 is 1.97 bits per heavy atom. The maximum absolute atomic E-state index is 13.8. The molecule has 1 aliphatic carbocycles. The van der Waals surface area contributed by atoms with Gasteiger partial charge in [-0.25, -0.2) is 14.4 Å². The van der Waals surface area contributed by atoms with Gasteiger partial charge in [-0.2, -0.15) is 0 Å². The van der Waals surface area contributed by atoms with Gasteiger partial charge in [0.1, 0.15) is 36.6 Å². The fourth-order valence-electron chi connectivity index (χ4n) is 6.63. The normalized spacial score (nSPS) is 12.8. The van der Waals surface area contributed by atoms with E-state index in [1.807, 2.05) is 48.5 Å². The van der Waals surface area contributed by atoms with E-state index in [2.05, 4.69) is 21.3 Å². The largest absolute Gasteiger partial charge is 0.514 e. The highest BCUT2D eigenvalue weighted by Crippen LogP contribution is 2.44. The number of carbonyl (C=O) groups excluding carboxylic acids is 5. The first-order valence-corrected chi connectivity index (χ1v) is 20.0. The minimum absolute atomic E-state index is 0.0613. The Kier molecular flexibility index (Phi) is 15.4. The number of alkyl carbamates (subject to hydrolysis) is 2. The van der Waals surface area contributed by atoms with Crippen LogP contribution in [0.2, 0.25) is 0 Å². The number of nitro benzene ring substituents is 1. The Labute approximate surface area is 353 Å². The van der Waals surface area contributed by atoms with Gasteiger partial charge in [0.05, 0.1) is 4.92 Å². The molecule has 61 heavy (non-hydrogen) atoms. The summed E-state index contributed by atoms with van der Waals surface area (Å²) in [6.07, 6.45) is -1.23. The number of nitrogens with zero attached hydrogens (tertiary/aromatic N) is 1. The van der Waals surface area contributed by atoms with E-state index in [0.717, 1.165) is 22.3 Å². The molecule has 0 radical (unpaired) electrons. The molecule has 0 saturated carbocycles. The fourth-order valence-corrected chi connectivity index (χ4v) is 6.63. The van der Waals surface area contributed by atoms with Crippen LogP contribution >= 0.6 is 0 Å². The maximum atomic E-state index is 13.8. The zero-order valence-corrected chi connectivity index (χ0v) is 34.7. The number of anilines is 1. The first-order valence-electron chi connectivity index (χ1n) is 20.0. The second-order valence-electron chi connectivity index (χ2n) is 15.8. The summed E-state index contributed by atoms with van der Waals surface area (Å²) in [6, 6.07) is 25.2. The Morgan fingerprint density at radius 1 is 0.754 bits per heavy atom. The quantitative estimate of drug-likeness (QED) is 0.0200. The van der Waals surface area contributed by atoms with Gasteiger partial charge in [0.15, 0.2) is 0 Å². The molecule has 4 aromatic rings. The van der Waals surface area contributed by atoms with Crippen LogP contribution in [0.4, 0.5) is 25.8 Å². The molecule has 2 atom stereocenters. The highest BCUT2D eigenvalue weighted by atomic mass is 16.7. The van der Waals surface area contributed by atoms with Crippen LogP contribution in [-0.4, -0.2) is 65.9 Å². The number of unbranched alkanes of at least 4 members (excludes halogenated alkanes) is 1. The van der Waals surface area contributed by atoms with Crippen LogP contribution in [0.1, 0.15) is 76.5 Å². The molecule has 0 saturated heterocycles. The Balaban J connectivity index is 1.18. The number of nitrogens with one attached hydrogen (secondary N) is 4. The first-order chi connectivity index (χ1) is 29.1. The Hall–Kier alpha value is -6.97. The second kappa shape index (κ2) is 20.8. The summed E-state index contributed by atoms with van der Waals surface area (Å²) < 4.78 is 21.2. The van der Waals surface area contributed by atoms with Crippen LogP contribution in [0.3, 0.4) is 0 Å². The van der Waals surface area contributed by atoms with Gasteiger partial charge in [-0.3, -0.25) is 19.7 Å². The van der Waals surface area contributed by atoms with Gasteiger partial charge in [0, 0.05) is 30.3 Å². The lowest BCUT2D eigenvalue weighted by molar-refractivity contribution is -0.384. The molecule has 1 aliphatic rings. The molecule has 322 valence electrons. The van der Waals surface area contributed by atoms with Gasteiger partial charge in [-0.1, -0.05) is 74.5 Å². The minimum atomic E-state index is -1.04. The number of non-ortho nitro benzene ring substituents is 1. The molecule has 0 unspecified atom stereocenters. The van der Waals surface area contributed by atoms with Crippen molar-refractivity contribution in [2.24, 2.45) is 5.92 Å². The molecule has 5 rings (SSSR count). The summed E-state index contributed by atoms with van der Waals surface area (Å²) in [5.74, 6) is -1.57. The summed E-state index contributed by atoms with van der Waals surface area (Å²) in [7, 11) is 0. The number of hydrogen-bond donors (Lipinski definition) is 4. The van der Waals surface area contributed by atoms with Crippen LogP contribution in [-0.2, 0) is 30.4 Å². The summed E-state index contributed by atoms with van der Waals surface area (Å²) in [5.41, 5.74) is 4.42. The minimum Gasteiger partial charge on any atom is -0.449 e. The molecular weight excluding hydrogens is 787 g/mol. The third-order valence-electron chi connectivity index (χ3n) is 9.61. The van der Waals surface area contributed by atoms with Gasteiger partial charge in [-0.15, -0.1) is 0 Å². The molecule has 16 heteroatoms. The molecule has 0 fully saturated rings. The maximum Gasteiger partial charge on any atom is 0.514 e. The fraction of sp³-hybridized carbons (Fsp3) is 0.356. The van der Waals surface area contributed by atoms with E-state index < -0.39 is 52.8 Å². The molecule has 0 heterocycles. The monoisotopic (exact) mass is 837 g/mol. The number of nitro groups is 1. The zero-order chi connectivity index (χ0) is 44.1. The average molecular weight is 838 g/mol. The predicted octanol–water partition coefficient (Wildman–Crippen LogP) is 7.99. The highest BCUT2D eigenvalue weighted by Gasteiger charge is 2.32. The average Bonchev–Trinajstić information content (AvgIpc) is 3.53. The van der Waals surface area contributed by atoms with Gasteiger partial charge in [-0.05, 0) is 98.0 Å². The summed E-state index contributed by atoms with van der Waals surface area (Å²) >= 11 is 0. The van der Waals surface area contributed by atoms with Crippen molar-refractivity contribution in [2.45, 2.75) is 84.1 Å². The predicted molar refractivity (Wildman–Crippen MR) is 226 cm³/mol. The van der Waals surface area contributed by atoms with E-state index in [-0.39, 0.29) is 49.5 Å². The Morgan fingerprint density at radius 2 is 1.38 bits per heavy atom. The van der Waals surface area contributed by atoms with Gasteiger partial charge in [0.25, 0.3) is 5.69 Å². The van der Waals surface area contributed by atoms with Crippen LogP contribution in [0, 0.1) is 16.0 Å². The van der Waals surface area contributed by atoms with Gasteiger partial charge < -0.3 is 40.2 Å². The molecule has 0 spiro atoms. The van der Waals surface area contributed by atoms with Gasteiger partial charge >= 0.3 is 18.3 Å². The number of fused-ring (bicyclic) bond motifs is 3. The Bertz CT molecular complexity index is 2140. The molecule has 0 aromatic heterocycles. The van der Waals surface area contributed by atoms with Crippen molar-refractivity contribution < 1.29 is 47.8 Å². The van der Waals surface area contributed by atoms with Crippen molar-refractivity contribution >= 4 is 41.5 Å². The smallest absolute Gasteiger partial charge is 0.449 e. The van der Waals surface area contributed by atoms with E-state index in [0.29, 0.717) is 24.1 Å². The molecule has 4 amide bonds. The molecule has 16 nitrogen and oxygen atoms in total. The number of hydrogen-bond acceptors (Lipinski definition) is 11. The third kappa shape index (κ3) is 13.3. The van der Waals surface area contributed by atoms with Crippen LogP contribution in [0.25, 0.3) is 11.1 Å². The van der Waals surface area contributed by atoms with Crippen molar-refractivity contribution in [1.29, 1.82) is 0 Å². The second-order valence-corrected chi connectivity index (χ2v) is 15.8. The third-order valence-corrected chi connectivity index (χ3v) is 9.61. The van der Waals surface area contributed by atoms with Crippen molar-refractivity contribution in [1.82, 2.24) is 16.0 Å². The number of rotatable bonds is 17. The number of ether oxygens (including phenoxy) is 4. The van der Waals surface area contributed by atoms with E-state index >= 15 is 0 Å². The zero-order valence-electron chi connectivity index (χ0n) is 34.7. The topological polar surface area (TPSA) is 214 Å². The molecule has 0 bridgehead atoms. The van der Waals surface area contributed by atoms with E-state index in [4.69, 9.17) is 18.9 Å². The van der Waals surface area contributed by atoms with Crippen molar-refractivity contribution in [3.8, 4) is 16.9 Å². The van der Waals surface area contributed by atoms with Crippen molar-refractivity contribution in [3.05, 3.63) is 124 Å². The molecule has 0 aliphatic heterocycles. The number of carbonyl (C=O) groups is 5. The van der Waals surface area contributed by atoms with Crippen LogP contribution < -0.4 is 26.0 Å². The summed E-state index contributed by atoms with van der Waals surface area (Å²) in [6.45, 7) is 8.99. The van der Waals surface area contributed by atoms with Crippen molar-refractivity contribution in [2.75, 3.05) is 18.5 Å². The lowest BCUT2D eigenvalue weighted by Gasteiger charge is -2.25. The highest BCUT2D eigenvalue weighted by molar-refractivity contribution is 5.98. The van der Waals surface area contributed by atoms with E-state index in [1.165, 1.54) is 24.3 Å². The van der Waals surface area contributed by atoms with Gasteiger partial charge in [0.2, 0.25) is 11.8 Å². The molecule has 4 N–H and O–H groups in total. The summed E-state index contributed by atoms with van der Waals surface area (Å²) in [4.78, 5) is 75.3. The summed E-state index contributed by atoms with van der Waals surface area (Å²) in [5, 5.41) is 21.9. The number of benzene rings is 4. The van der Waals surface area contributed by atoms with Crippen LogP contribution in [0.15, 0.2) is 97.1 Å². The molecular formula is C45H51N5O11. The van der Waals surface area contributed by atoms with E-state index in [1.54, 1.807) is 58.9 Å². The van der Waals surface area contributed by atoms with Crippen LogP contribution in [0.5, 0.6) is 5.75 Å². The lowest BCUT2D eigenvalue weighted by atomic mass is 9.98. The van der Waals surface area contributed by atoms with Crippen molar-refractivity contribution in [3.63, 3.8) is 0 Å². The number of amides is 4. The standard InChI is InChI=1S/C45H51N5O11/c1-28(2)39(49-43(54)58-27-37-35-14-8-6-12-33(35)34-13-7-9-15-36(34)37)41(52)48-38(16-10-11-25-46-42(53)61-45(3,4)5)40(51)47-30-19-17-29(18-20-30)26-59-44(55)60-32-23-21-31(22-24-32)50(56)57/h6-9,12-15,17-24,28,37-39H,10-11,16,25-27H2,1-5H3,(H,46,53)(H,47,51)(H,48,52)(H,49,54)/t38-,39-/m0/s1. The molecule has 4 aromatic carbocycles. The lowest BCUT2D eigenvalue weighted by Crippen LogP contribution is -2.54.